The summed E-state index contributed by atoms with van der Waals surface area (Å²) >= 11 is 1.68. The molecule has 0 bridgehead atoms. The van der Waals surface area contributed by atoms with Crippen molar-refractivity contribution < 1.29 is 4.39 Å². The predicted octanol–water partition coefficient (Wildman–Crippen LogP) is 1.78. The molecular formula is C14H21FN6S. The molecular weight excluding hydrogens is 303 g/mol. The Balaban J connectivity index is 1.95. The number of hydrogen-bond donors (Lipinski definition) is 2. The molecule has 0 aliphatic heterocycles. The molecule has 2 N–H and O–H groups in total. The number of thiophene rings is 1. The van der Waals surface area contributed by atoms with Gasteiger partial charge in [0.1, 0.15) is 12.4 Å². The van der Waals surface area contributed by atoms with Crippen LogP contribution in [0.15, 0.2) is 22.5 Å². The minimum absolute atomic E-state index is 0.340. The molecule has 0 aliphatic carbocycles. The van der Waals surface area contributed by atoms with Gasteiger partial charge in [-0.2, -0.15) is 0 Å². The summed E-state index contributed by atoms with van der Waals surface area (Å²) in [6.45, 7) is 3.22. The van der Waals surface area contributed by atoms with Crippen molar-refractivity contribution in [1.82, 2.24) is 25.4 Å². The van der Waals surface area contributed by atoms with E-state index >= 15 is 0 Å². The zero-order valence-corrected chi connectivity index (χ0v) is 13.7. The summed E-state index contributed by atoms with van der Waals surface area (Å²) in [6.07, 6.45) is 0.461. The van der Waals surface area contributed by atoms with Crippen LogP contribution in [0.3, 0.4) is 0 Å². The Hall–Kier alpha value is -1.96. The van der Waals surface area contributed by atoms with E-state index in [1.165, 1.54) is 4.88 Å². The highest BCUT2D eigenvalue weighted by atomic mass is 32.1. The Bertz CT molecular complexity index is 593. The van der Waals surface area contributed by atoms with Gasteiger partial charge in [-0.3, -0.25) is 4.39 Å². The molecule has 0 radical (unpaired) electrons. The van der Waals surface area contributed by atoms with Gasteiger partial charge in [-0.25, -0.2) is 4.99 Å². The average molecular weight is 324 g/mol. The van der Waals surface area contributed by atoms with Crippen molar-refractivity contribution in [2.24, 2.45) is 12.0 Å². The Morgan fingerprint density at radius 1 is 1.41 bits per heavy atom. The minimum atomic E-state index is -0.340. The van der Waals surface area contributed by atoms with Crippen LogP contribution in [0.4, 0.5) is 4.39 Å². The fourth-order valence-corrected chi connectivity index (χ4v) is 2.41. The third-order valence-electron chi connectivity index (χ3n) is 3.17. The SMILES string of the molecule is Cc1nnc(CN=C(NCCCF)NCc2cccs2)n1C. The summed E-state index contributed by atoms with van der Waals surface area (Å²) < 4.78 is 14.1. The number of hydrogen-bond acceptors (Lipinski definition) is 4. The first kappa shape index (κ1) is 16.4. The van der Waals surface area contributed by atoms with Crippen LogP contribution in [-0.2, 0) is 20.1 Å². The predicted molar refractivity (Wildman–Crippen MR) is 86.6 cm³/mol. The smallest absolute Gasteiger partial charge is 0.192 e. The van der Waals surface area contributed by atoms with Gasteiger partial charge in [0, 0.05) is 18.5 Å². The molecule has 120 valence electrons. The summed E-state index contributed by atoms with van der Waals surface area (Å²) in [4.78, 5) is 5.71. The lowest BCUT2D eigenvalue weighted by Gasteiger charge is -2.11. The lowest BCUT2D eigenvalue weighted by molar-refractivity contribution is 0.470. The van der Waals surface area contributed by atoms with Gasteiger partial charge in [-0.05, 0) is 24.8 Å². The number of aromatic nitrogens is 3. The van der Waals surface area contributed by atoms with E-state index in [-0.39, 0.29) is 6.67 Å². The number of halogens is 1. The van der Waals surface area contributed by atoms with Crippen LogP contribution in [0.25, 0.3) is 0 Å². The summed E-state index contributed by atoms with van der Waals surface area (Å²) in [5, 5.41) is 16.5. The monoisotopic (exact) mass is 324 g/mol. The molecule has 0 saturated heterocycles. The summed E-state index contributed by atoms with van der Waals surface area (Å²) in [7, 11) is 1.91. The Labute approximate surface area is 133 Å². The van der Waals surface area contributed by atoms with Crippen molar-refractivity contribution in [3.05, 3.63) is 34.0 Å². The van der Waals surface area contributed by atoms with Crippen LogP contribution < -0.4 is 10.6 Å². The Morgan fingerprint density at radius 2 is 2.27 bits per heavy atom. The average Bonchev–Trinajstić information content (AvgIpc) is 3.14. The normalized spacial score (nSPS) is 11.7. The van der Waals surface area contributed by atoms with Crippen molar-refractivity contribution in [1.29, 1.82) is 0 Å². The molecule has 8 heteroatoms. The fraction of sp³-hybridized carbons (Fsp3) is 0.500. The van der Waals surface area contributed by atoms with Crippen molar-refractivity contribution in [2.45, 2.75) is 26.4 Å². The highest BCUT2D eigenvalue weighted by Crippen LogP contribution is 2.07. The summed E-state index contributed by atoms with van der Waals surface area (Å²) in [6, 6.07) is 4.07. The number of aryl methyl sites for hydroxylation is 1. The molecule has 0 atom stereocenters. The zero-order valence-electron chi connectivity index (χ0n) is 12.8. The first-order valence-electron chi connectivity index (χ1n) is 7.16. The van der Waals surface area contributed by atoms with Crippen LogP contribution in [0, 0.1) is 6.92 Å². The third-order valence-corrected chi connectivity index (χ3v) is 4.05. The van der Waals surface area contributed by atoms with Gasteiger partial charge in [0.05, 0.1) is 13.2 Å². The van der Waals surface area contributed by atoms with E-state index in [1.807, 2.05) is 30.0 Å². The second-order valence-corrected chi connectivity index (χ2v) is 5.82. The maximum atomic E-state index is 12.2. The second kappa shape index (κ2) is 8.47. The number of nitrogens with zero attached hydrogens (tertiary/aromatic N) is 4. The number of rotatable bonds is 7. The molecule has 22 heavy (non-hydrogen) atoms. The van der Waals surface area contributed by atoms with Gasteiger partial charge in [0.15, 0.2) is 11.8 Å². The lowest BCUT2D eigenvalue weighted by atomic mass is 10.4. The van der Waals surface area contributed by atoms with Gasteiger partial charge in [0.25, 0.3) is 0 Å². The second-order valence-electron chi connectivity index (χ2n) is 4.79. The zero-order chi connectivity index (χ0) is 15.8. The highest BCUT2D eigenvalue weighted by molar-refractivity contribution is 7.09. The number of guanidine groups is 1. The van der Waals surface area contributed by atoms with Gasteiger partial charge in [-0.1, -0.05) is 6.07 Å². The quantitative estimate of drug-likeness (QED) is 0.463. The standard InChI is InChI=1S/C14H21FN6S/c1-11-19-20-13(21(11)2)10-18-14(16-7-4-6-15)17-9-12-5-3-8-22-12/h3,5,8H,4,6-7,9-10H2,1-2H3,(H2,16,17,18). The van der Waals surface area contributed by atoms with E-state index in [0.29, 0.717) is 32.0 Å². The molecule has 0 fully saturated rings. The van der Waals surface area contributed by atoms with Crippen LogP contribution in [-0.4, -0.2) is 33.9 Å². The molecule has 6 nitrogen and oxygen atoms in total. The Kier molecular flexibility index (Phi) is 6.32. The molecule has 2 heterocycles. The van der Waals surface area contributed by atoms with Crippen molar-refractivity contribution in [3.63, 3.8) is 0 Å². The molecule has 2 aromatic rings. The van der Waals surface area contributed by atoms with Crippen LogP contribution >= 0.6 is 11.3 Å². The highest BCUT2D eigenvalue weighted by Gasteiger charge is 2.05. The van der Waals surface area contributed by atoms with Gasteiger partial charge in [0.2, 0.25) is 0 Å². The van der Waals surface area contributed by atoms with Crippen LogP contribution in [0.1, 0.15) is 22.9 Å². The number of alkyl halides is 1. The minimum Gasteiger partial charge on any atom is -0.356 e. The maximum Gasteiger partial charge on any atom is 0.192 e. The molecule has 0 saturated carbocycles. The first-order valence-corrected chi connectivity index (χ1v) is 8.04. The van der Waals surface area contributed by atoms with Gasteiger partial charge < -0.3 is 15.2 Å². The summed E-state index contributed by atoms with van der Waals surface area (Å²) in [5.41, 5.74) is 0. The van der Waals surface area contributed by atoms with E-state index in [4.69, 9.17) is 0 Å². The lowest BCUT2D eigenvalue weighted by Crippen LogP contribution is -2.37. The molecule has 0 amide bonds. The van der Waals surface area contributed by atoms with E-state index in [0.717, 1.165) is 11.6 Å². The van der Waals surface area contributed by atoms with Gasteiger partial charge >= 0.3 is 0 Å². The van der Waals surface area contributed by atoms with Crippen molar-refractivity contribution in [3.8, 4) is 0 Å². The number of aliphatic imine (C=N–C) groups is 1. The molecule has 2 rings (SSSR count). The van der Waals surface area contributed by atoms with Crippen LogP contribution in [0.5, 0.6) is 0 Å². The van der Waals surface area contributed by atoms with Crippen LogP contribution in [0.2, 0.25) is 0 Å². The van der Waals surface area contributed by atoms with Crippen molar-refractivity contribution in [2.75, 3.05) is 13.2 Å². The van der Waals surface area contributed by atoms with E-state index < -0.39 is 0 Å². The Morgan fingerprint density at radius 3 is 2.91 bits per heavy atom. The van der Waals surface area contributed by atoms with E-state index in [9.17, 15) is 4.39 Å². The molecule has 2 aromatic heterocycles. The molecule has 0 aliphatic rings. The van der Waals surface area contributed by atoms with E-state index in [1.54, 1.807) is 11.3 Å². The molecule has 0 spiro atoms. The topological polar surface area (TPSA) is 67.1 Å². The first-order chi connectivity index (χ1) is 10.7. The van der Waals surface area contributed by atoms with Crippen molar-refractivity contribution >= 4 is 17.3 Å². The fourth-order valence-electron chi connectivity index (χ4n) is 1.77. The maximum absolute atomic E-state index is 12.2. The summed E-state index contributed by atoms with van der Waals surface area (Å²) in [5.74, 6) is 2.30. The third kappa shape index (κ3) is 4.80. The number of nitrogens with one attached hydrogen (secondary N) is 2. The van der Waals surface area contributed by atoms with Gasteiger partial charge in [-0.15, -0.1) is 21.5 Å². The largest absolute Gasteiger partial charge is 0.356 e. The molecule has 0 aromatic carbocycles. The molecule has 0 unspecified atom stereocenters. The van der Waals surface area contributed by atoms with E-state index in [2.05, 4.69) is 31.9 Å².